The van der Waals surface area contributed by atoms with Gasteiger partial charge in [-0.1, -0.05) is 23.2 Å². The molecule has 2 nitrogen and oxygen atoms in total. The van der Waals surface area contributed by atoms with Gasteiger partial charge in [-0.3, -0.25) is 0 Å². The molecule has 0 bridgehead atoms. The Hall–Kier alpha value is -0.910. The van der Waals surface area contributed by atoms with Gasteiger partial charge in [-0.25, -0.2) is 0 Å². The first-order valence-electron chi connectivity index (χ1n) is 4.10. The van der Waals surface area contributed by atoms with Crippen LogP contribution in [0.1, 0.15) is 19.4 Å². The Balaban J connectivity index is 3.20. The van der Waals surface area contributed by atoms with Gasteiger partial charge < -0.3 is 4.74 Å². The third-order valence-electron chi connectivity index (χ3n) is 1.48. The lowest BCUT2D eigenvalue weighted by Crippen LogP contribution is -2.07. The van der Waals surface area contributed by atoms with Gasteiger partial charge >= 0.3 is 0 Å². The van der Waals surface area contributed by atoms with Crippen molar-refractivity contribution in [3.05, 3.63) is 27.7 Å². The van der Waals surface area contributed by atoms with Crippen LogP contribution in [0, 0.1) is 11.3 Å². The van der Waals surface area contributed by atoms with E-state index in [1.54, 1.807) is 6.07 Å². The van der Waals surface area contributed by atoms with Crippen molar-refractivity contribution in [1.29, 1.82) is 5.26 Å². The van der Waals surface area contributed by atoms with E-state index in [9.17, 15) is 0 Å². The van der Waals surface area contributed by atoms with Crippen molar-refractivity contribution in [2.24, 2.45) is 0 Å². The normalized spacial score (nSPS) is 10.0. The van der Waals surface area contributed by atoms with Gasteiger partial charge in [0.05, 0.1) is 16.7 Å². The first-order chi connectivity index (χ1) is 6.54. The molecule has 1 rings (SSSR count). The van der Waals surface area contributed by atoms with E-state index in [1.165, 1.54) is 6.07 Å². The Morgan fingerprint density at radius 2 is 2.00 bits per heavy atom. The summed E-state index contributed by atoms with van der Waals surface area (Å²) in [5, 5.41) is 9.63. The molecule has 0 aliphatic heterocycles. The standard InChI is InChI=1S/C10H9Cl2NO/c1-6(2)14-10-7(5-13)3-8(11)4-9(10)12/h3-4,6H,1-2H3. The minimum Gasteiger partial charge on any atom is -0.488 e. The molecule has 0 saturated heterocycles. The summed E-state index contributed by atoms with van der Waals surface area (Å²) in [6.45, 7) is 3.73. The lowest BCUT2D eigenvalue weighted by molar-refractivity contribution is 0.242. The zero-order valence-corrected chi connectivity index (χ0v) is 9.36. The van der Waals surface area contributed by atoms with Gasteiger partial charge in [0, 0.05) is 5.02 Å². The highest BCUT2D eigenvalue weighted by Gasteiger charge is 2.11. The fourth-order valence-electron chi connectivity index (χ4n) is 0.999. The third kappa shape index (κ3) is 2.54. The first-order valence-corrected chi connectivity index (χ1v) is 4.86. The zero-order chi connectivity index (χ0) is 10.7. The van der Waals surface area contributed by atoms with Crippen LogP contribution in [0.5, 0.6) is 5.75 Å². The number of hydrogen-bond acceptors (Lipinski definition) is 2. The average Bonchev–Trinajstić information content (AvgIpc) is 2.08. The SMILES string of the molecule is CC(C)Oc1c(Cl)cc(Cl)cc1C#N. The number of rotatable bonds is 2. The van der Waals surface area contributed by atoms with Gasteiger partial charge in [0.1, 0.15) is 6.07 Å². The molecular weight excluding hydrogens is 221 g/mol. The molecule has 0 radical (unpaired) electrons. The van der Waals surface area contributed by atoms with E-state index in [-0.39, 0.29) is 6.10 Å². The summed E-state index contributed by atoms with van der Waals surface area (Å²) in [6, 6.07) is 5.08. The lowest BCUT2D eigenvalue weighted by atomic mass is 10.2. The van der Waals surface area contributed by atoms with Crippen molar-refractivity contribution < 1.29 is 4.74 Å². The van der Waals surface area contributed by atoms with Crippen LogP contribution >= 0.6 is 23.2 Å². The number of halogens is 2. The lowest BCUT2D eigenvalue weighted by Gasteiger charge is -2.12. The van der Waals surface area contributed by atoms with Gasteiger partial charge in [0.25, 0.3) is 0 Å². The van der Waals surface area contributed by atoms with Crippen molar-refractivity contribution in [2.45, 2.75) is 20.0 Å². The molecule has 0 spiro atoms. The molecule has 0 aliphatic rings. The summed E-state index contributed by atoms with van der Waals surface area (Å²) in [4.78, 5) is 0. The number of nitrogens with zero attached hydrogens (tertiary/aromatic N) is 1. The minimum absolute atomic E-state index is 0.0271. The molecule has 0 N–H and O–H groups in total. The topological polar surface area (TPSA) is 33.0 Å². The summed E-state index contributed by atoms with van der Waals surface area (Å²) in [6.07, 6.45) is -0.0271. The predicted molar refractivity (Wildman–Crippen MR) is 56.9 cm³/mol. The molecule has 0 amide bonds. The number of ether oxygens (including phenoxy) is 1. The van der Waals surface area contributed by atoms with Crippen molar-refractivity contribution in [3.63, 3.8) is 0 Å². The highest BCUT2D eigenvalue weighted by atomic mass is 35.5. The van der Waals surface area contributed by atoms with Crippen LogP contribution in [0.25, 0.3) is 0 Å². The summed E-state index contributed by atoms with van der Waals surface area (Å²) >= 11 is 11.6. The first kappa shape index (κ1) is 11.2. The Bertz CT molecular complexity index is 382. The number of nitriles is 1. The Kier molecular flexibility index (Phi) is 3.62. The summed E-state index contributed by atoms with van der Waals surface area (Å²) in [5.41, 5.74) is 0.358. The number of benzene rings is 1. The van der Waals surface area contributed by atoms with E-state index in [1.807, 2.05) is 19.9 Å². The summed E-state index contributed by atoms with van der Waals surface area (Å²) in [7, 11) is 0. The van der Waals surface area contributed by atoms with E-state index < -0.39 is 0 Å². The average molecular weight is 230 g/mol. The highest BCUT2D eigenvalue weighted by Crippen LogP contribution is 2.32. The van der Waals surface area contributed by atoms with Gasteiger partial charge in [0.15, 0.2) is 5.75 Å². The summed E-state index contributed by atoms with van der Waals surface area (Å²) < 4.78 is 5.41. The molecule has 1 aromatic rings. The van der Waals surface area contributed by atoms with Crippen LogP contribution in [-0.4, -0.2) is 6.10 Å². The Morgan fingerprint density at radius 1 is 1.36 bits per heavy atom. The highest BCUT2D eigenvalue weighted by molar-refractivity contribution is 6.35. The van der Waals surface area contributed by atoms with E-state index in [0.717, 1.165) is 0 Å². The molecule has 74 valence electrons. The Labute approximate surface area is 93.0 Å². The maximum atomic E-state index is 8.83. The maximum absolute atomic E-state index is 8.83. The quantitative estimate of drug-likeness (QED) is 0.776. The fraction of sp³-hybridized carbons (Fsp3) is 0.300. The second-order valence-electron chi connectivity index (χ2n) is 3.04. The van der Waals surface area contributed by atoms with Crippen molar-refractivity contribution >= 4 is 23.2 Å². The van der Waals surface area contributed by atoms with E-state index >= 15 is 0 Å². The van der Waals surface area contributed by atoms with E-state index in [4.69, 9.17) is 33.2 Å². The van der Waals surface area contributed by atoms with Crippen LogP contribution in [0.3, 0.4) is 0 Å². The molecule has 0 fully saturated rings. The van der Waals surface area contributed by atoms with Crippen LogP contribution in [0.4, 0.5) is 0 Å². The van der Waals surface area contributed by atoms with Gasteiger partial charge in [-0.15, -0.1) is 0 Å². The largest absolute Gasteiger partial charge is 0.488 e. The second kappa shape index (κ2) is 4.54. The molecular formula is C10H9Cl2NO. The van der Waals surface area contributed by atoms with E-state index in [2.05, 4.69) is 0 Å². The van der Waals surface area contributed by atoms with Crippen LogP contribution in [-0.2, 0) is 0 Å². The van der Waals surface area contributed by atoms with Crippen LogP contribution < -0.4 is 4.74 Å². The predicted octanol–water partition coefficient (Wildman–Crippen LogP) is 3.65. The Morgan fingerprint density at radius 3 is 2.50 bits per heavy atom. The smallest absolute Gasteiger partial charge is 0.156 e. The molecule has 0 aliphatic carbocycles. The molecule has 0 heterocycles. The summed E-state index contributed by atoms with van der Waals surface area (Å²) in [5.74, 6) is 0.397. The monoisotopic (exact) mass is 229 g/mol. The molecule has 0 saturated carbocycles. The van der Waals surface area contributed by atoms with Gasteiger partial charge in [-0.2, -0.15) is 5.26 Å². The minimum atomic E-state index is -0.0271. The van der Waals surface area contributed by atoms with Crippen LogP contribution in [0.2, 0.25) is 10.0 Å². The molecule has 4 heteroatoms. The fourth-order valence-corrected chi connectivity index (χ4v) is 1.54. The maximum Gasteiger partial charge on any atom is 0.156 e. The number of hydrogen-bond donors (Lipinski definition) is 0. The van der Waals surface area contributed by atoms with E-state index in [0.29, 0.717) is 21.4 Å². The van der Waals surface area contributed by atoms with Gasteiger partial charge in [0.2, 0.25) is 0 Å². The zero-order valence-electron chi connectivity index (χ0n) is 7.84. The van der Waals surface area contributed by atoms with Crippen molar-refractivity contribution in [3.8, 4) is 11.8 Å². The van der Waals surface area contributed by atoms with Gasteiger partial charge in [-0.05, 0) is 26.0 Å². The second-order valence-corrected chi connectivity index (χ2v) is 3.89. The van der Waals surface area contributed by atoms with Crippen molar-refractivity contribution in [2.75, 3.05) is 0 Å². The molecule has 1 aromatic carbocycles. The third-order valence-corrected chi connectivity index (χ3v) is 1.98. The van der Waals surface area contributed by atoms with Crippen molar-refractivity contribution in [1.82, 2.24) is 0 Å². The molecule has 0 unspecified atom stereocenters. The molecule has 14 heavy (non-hydrogen) atoms. The molecule has 0 aromatic heterocycles. The van der Waals surface area contributed by atoms with Crippen LogP contribution in [0.15, 0.2) is 12.1 Å². The molecule has 0 atom stereocenters.